The maximum atomic E-state index is 13.6. The topological polar surface area (TPSA) is 45.8 Å². The van der Waals surface area contributed by atoms with Gasteiger partial charge in [-0.25, -0.2) is 14.2 Å². The molecule has 96 valence electrons. The summed E-state index contributed by atoms with van der Waals surface area (Å²) in [5, 5.41) is 0. The number of nitrogens with one attached hydrogen (secondary N) is 1. The van der Waals surface area contributed by atoms with Gasteiger partial charge in [-0.3, -0.25) is 0 Å². The SMILES string of the molecule is O=c1ncc2c([nH]1)C1(CCCC1)c1cc(F)ccc1-2. The number of halogens is 1. The van der Waals surface area contributed by atoms with Crippen LogP contribution in [0.5, 0.6) is 0 Å². The van der Waals surface area contributed by atoms with Gasteiger partial charge in [0.05, 0.1) is 0 Å². The quantitative estimate of drug-likeness (QED) is 0.787. The van der Waals surface area contributed by atoms with E-state index in [9.17, 15) is 9.18 Å². The second-order valence-corrected chi connectivity index (χ2v) is 5.46. The second-order valence-electron chi connectivity index (χ2n) is 5.46. The Bertz CT molecular complexity index is 729. The molecule has 0 unspecified atom stereocenters. The Morgan fingerprint density at radius 3 is 2.79 bits per heavy atom. The summed E-state index contributed by atoms with van der Waals surface area (Å²) in [5.74, 6) is -0.215. The van der Waals surface area contributed by atoms with Gasteiger partial charge in [0.2, 0.25) is 0 Å². The van der Waals surface area contributed by atoms with E-state index >= 15 is 0 Å². The van der Waals surface area contributed by atoms with Crippen molar-refractivity contribution >= 4 is 0 Å². The van der Waals surface area contributed by atoms with Crippen molar-refractivity contribution in [3.8, 4) is 11.1 Å². The maximum Gasteiger partial charge on any atom is 0.345 e. The van der Waals surface area contributed by atoms with Gasteiger partial charge in [-0.1, -0.05) is 18.9 Å². The van der Waals surface area contributed by atoms with E-state index in [0.29, 0.717) is 0 Å². The summed E-state index contributed by atoms with van der Waals surface area (Å²) in [4.78, 5) is 18.3. The minimum absolute atomic E-state index is 0.200. The highest BCUT2D eigenvalue weighted by molar-refractivity contribution is 5.79. The molecule has 1 aromatic heterocycles. The van der Waals surface area contributed by atoms with Crippen LogP contribution in [0, 0.1) is 5.82 Å². The van der Waals surface area contributed by atoms with Gasteiger partial charge in [0.15, 0.2) is 0 Å². The van der Waals surface area contributed by atoms with Crippen molar-refractivity contribution in [2.45, 2.75) is 31.1 Å². The molecule has 0 aliphatic heterocycles. The standard InChI is InChI=1S/C15H13FN2O/c16-9-3-4-10-11-8-17-14(19)18-13(11)15(12(10)7-9)5-1-2-6-15/h3-4,7-8H,1-2,5-6H2,(H,17,18,19). The fourth-order valence-electron chi connectivity index (χ4n) is 3.76. The molecule has 1 heterocycles. The predicted molar refractivity (Wildman–Crippen MR) is 69.5 cm³/mol. The molecule has 1 fully saturated rings. The maximum absolute atomic E-state index is 13.6. The number of H-pyrrole nitrogens is 1. The molecule has 0 amide bonds. The monoisotopic (exact) mass is 256 g/mol. The molecule has 2 aliphatic carbocycles. The van der Waals surface area contributed by atoms with Gasteiger partial charge in [0.25, 0.3) is 0 Å². The van der Waals surface area contributed by atoms with Crippen molar-refractivity contribution in [1.29, 1.82) is 0 Å². The van der Waals surface area contributed by atoms with Crippen LogP contribution in [0.4, 0.5) is 4.39 Å². The molecule has 1 saturated carbocycles. The Morgan fingerprint density at radius 2 is 2.00 bits per heavy atom. The third kappa shape index (κ3) is 1.31. The molecular formula is C15H13FN2O. The van der Waals surface area contributed by atoms with E-state index in [2.05, 4.69) is 9.97 Å². The third-order valence-corrected chi connectivity index (χ3v) is 4.54. The largest absolute Gasteiger partial charge is 0.345 e. The smallest absolute Gasteiger partial charge is 0.308 e. The summed E-state index contributed by atoms with van der Waals surface area (Å²) in [6, 6.07) is 4.90. The van der Waals surface area contributed by atoms with Crippen molar-refractivity contribution in [1.82, 2.24) is 9.97 Å². The summed E-state index contributed by atoms with van der Waals surface area (Å²) in [5.41, 5.74) is 3.40. The fourth-order valence-corrected chi connectivity index (χ4v) is 3.76. The van der Waals surface area contributed by atoms with Crippen LogP contribution in [0.1, 0.15) is 36.9 Å². The second kappa shape index (κ2) is 3.53. The lowest BCUT2D eigenvalue weighted by Crippen LogP contribution is -2.25. The molecule has 1 aromatic carbocycles. The van der Waals surface area contributed by atoms with Gasteiger partial charge in [0.1, 0.15) is 5.82 Å². The van der Waals surface area contributed by atoms with Crippen LogP contribution in [0.25, 0.3) is 11.1 Å². The first-order chi connectivity index (χ1) is 9.21. The van der Waals surface area contributed by atoms with Gasteiger partial charge in [-0.2, -0.15) is 0 Å². The molecule has 4 rings (SSSR count). The molecule has 0 bridgehead atoms. The van der Waals surface area contributed by atoms with Crippen molar-refractivity contribution in [3.63, 3.8) is 0 Å². The Morgan fingerprint density at radius 1 is 1.21 bits per heavy atom. The molecule has 3 nitrogen and oxygen atoms in total. The molecule has 2 aromatic rings. The van der Waals surface area contributed by atoms with E-state index in [0.717, 1.165) is 48.1 Å². The minimum Gasteiger partial charge on any atom is -0.308 e. The lowest BCUT2D eigenvalue weighted by atomic mass is 9.79. The molecule has 0 radical (unpaired) electrons. The number of fused-ring (bicyclic) bond motifs is 5. The average molecular weight is 256 g/mol. The zero-order valence-electron chi connectivity index (χ0n) is 10.4. The summed E-state index contributed by atoms with van der Waals surface area (Å²) < 4.78 is 13.6. The number of rotatable bonds is 0. The first-order valence-corrected chi connectivity index (χ1v) is 6.61. The molecule has 0 atom stereocenters. The Labute approximate surface area is 109 Å². The average Bonchev–Trinajstić information content (AvgIpc) is 2.97. The number of aromatic nitrogens is 2. The molecule has 0 saturated heterocycles. The first kappa shape index (κ1) is 10.9. The van der Waals surface area contributed by atoms with Gasteiger partial charge < -0.3 is 4.98 Å². The van der Waals surface area contributed by atoms with E-state index in [1.165, 1.54) is 6.07 Å². The third-order valence-electron chi connectivity index (χ3n) is 4.54. The van der Waals surface area contributed by atoms with Crippen LogP contribution in [0.15, 0.2) is 29.2 Å². The van der Waals surface area contributed by atoms with Crippen molar-refractivity contribution in [3.05, 3.63) is 52.0 Å². The fraction of sp³-hybridized carbons (Fsp3) is 0.333. The van der Waals surface area contributed by atoms with Crippen molar-refractivity contribution in [2.75, 3.05) is 0 Å². The minimum atomic E-state index is -0.321. The number of hydrogen-bond acceptors (Lipinski definition) is 2. The van der Waals surface area contributed by atoms with Gasteiger partial charge in [-0.15, -0.1) is 0 Å². The van der Waals surface area contributed by atoms with E-state index in [1.54, 1.807) is 18.3 Å². The molecule has 4 heteroatoms. The molecule has 19 heavy (non-hydrogen) atoms. The van der Waals surface area contributed by atoms with Crippen molar-refractivity contribution in [2.24, 2.45) is 0 Å². The van der Waals surface area contributed by atoms with Crippen LogP contribution >= 0.6 is 0 Å². The summed E-state index contributed by atoms with van der Waals surface area (Å²) in [7, 11) is 0. The van der Waals surface area contributed by atoms with Gasteiger partial charge in [-0.05, 0) is 36.1 Å². The van der Waals surface area contributed by atoms with Crippen molar-refractivity contribution < 1.29 is 4.39 Å². The number of nitrogens with zero attached hydrogens (tertiary/aromatic N) is 1. The van der Waals surface area contributed by atoms with E-state index < -0.39 is 0 Å². The molecule has 1 spiro atoms. The lowest BCUT2D eigenvalue weighted by molar-refractivity contribution is 0.524. The molecular weight excluding hydrogens is 243 g/mol. The zero-order valence-corrected chi connectivity index (χ0v) is 10.4. The van der Waals surface area contributed by atoms with E-state index in [4.69, 9.17) is 0 Å². The Balaban J connectivity index is 2.10. The van der Waals surface area contributed by atoms with E-state index in [1.807, 2.05) is 0 Å². The van der Waals surface area contributed by atoms with Crippen LogP contribution < -0.4 is 5.69 Å². The first-order valence-electron chi connectivity index (χ1n) is 6.61. The van der Waals surface area contributed by atoms with Gasteiger partial charge in [0, 0.05) is 22.9 Å². The van der Waals surface area contributed by atoms with E-state index in [-0.39, 0.29) is 16.9 Å². The molecule has 1 N–H and O–H groups in total. The van der Waals surface area contributed by atoms with Crippen LogP contribution in [-0.4, -0.2) is 9.97 Å². The van der Waals surface area contributed by atoms with Crippen LogP contribution in [0.3, 0.4) is 0 Å². The lowest BCUT2D eigenvalue weighted by Gasteiger charge is -2.25. The summed E-state index contributed by atoms with van der Waals surface area (Å²) >= 11 is 0. The summed E-state index contributed by atoms with van der Waals surface area (Å²) in [6.07, 6.45) is 5.78. The summed E-state index contributed by atoms with van der Waals surface area (Å²) in [6.45, 7) is 0. The normalized spacial score (nSPS) is 18.6. The highest BCUT2D eigenvalue weighted by atomic mass is 19.1. The highest BCUT2D eigenvalue weighted by Gasteiger charge is 2.46. The molecule has 2 aliphatic rings. The number of aromatic amines is 1. The van der Waals surface area contributed by atoms with Crippen LogP contribution in [0.2, 0.25) is 0 Å². The Kier molecular flexibility index (Phi) is 2.03. The number of benzene rings is 1. The van der Waals surface area contributed by atoms with Crippen LogP contribution in [-0.2, 0) is 5.41 Å². The number of hydrogen-bond donors (Lipinski definition) is 1. The predicted octanol–water partition coefficient (Wildman–Crippen LogP) is 2.75. The van der Waals surface area contributed by atoms with Gasteiger partial charge >= 0.3 is 5.69 Å². The highest BCUT2D eigenvalue weighted by Crippen LogP contribution is 2.55. The Hall–Kier alpha value is -1.97. The zero-order chi connectivity index (χ0) is 13.0.